The van der Waals surface area contributed by atoms with Crippen molar-refractivity contribution in [1.82, 2.24) is 14.9 Å². The molecule has 1 aromatic rings. The van der Waals surface area contributed by atoms with Crippen LogP contribution >= 0.6 is 0 Å². The van der Waals surface area contributed by atoms with Crippen molar-refractivity contribution in [3.63, 3.8) is 0 Å². The smallest absolute Gasteiger partial charge is 0.329 e. The highest BCUT2D eigenvalue weighted by molar-refractivity contribution is 5.74. The first kappa shape index (κ1) is 14.7. The zero-order chi connectivity index (χ0) is 13.4. The van der Waals surface area contributed by atoms with Gasteiger partial charge >= 0.3 is 5.97 Å². The fourth-order valence-corrected chi connectivity index (χ4v) is 1.88. The van der Waals surface area contributed by atoms with Gasteiger partial charge in [-0.3, -0.25) is 0 Å². The van der Waals surface area contributed by atoms with Gasteiger partial charge in [0.05, 0.1) is 13.2 Å². The van der Waals surface area contributed by atoms with E-state index in [4.69, 9.17) is 4.74 Å². The number of esters is 1. The number of rotatable bonds is 8. The lowest BCUT2D eigenvalue weighted by atomic mass is 10.1. The van der Waals surface area contributed by atoms with Crippen LogP contribution in [0.25, 0.3) is 0 Å². The van der Waals surface area contributed by atoms with Crippen LogP contribution in [0.1, 0.15) is 45.5 Å². The van der Waals surface area contributed by atoms with Gasteiger partial charge in [0.2, 0.25) is 0 Å². The Balaban J connectivity index is 2.84. The second-order valence-corrected chi connectivity index (χ2v) is 4.09. The molecule has 1 unspecified atom stereocenters. The summed E-state index contributed by atoms with van der Waals surface area (Å²) in [6, 6.07) is -0.258. The molecule has 18 heavy (non-hydrogen) atoms. The molecule has 102 valence electrons. The average Bonchev–Trinajstić information content (AvgIpc) is 2.81. The maximum Gasteiger partial charge on any atom is 0.329 e. The van der Waals surface area contributed by atoms with E-state index in [1.807, 2.05) is 24.6 Å². The second kappa shape index (κ2) is 7.87. The van der Waals surface area contributed by atoms with E-state index in [9.17, 15) is 4.79 Å². The Morgan fingerprint density at radius 1 is 1.50 bits per heavy atom. The third-order valence-electron chi connectivity index (χ3n) is 2.74. The molecule has 0 spiro atoms. The number of hydrogen-bond donors (Lipinski definition) is 1. The fourth-order valence-electron chi connectivity index (χ4n) is 1.88. The second-order valence-electron chi connectivity index (χ2n) is 4.09. The number of ether oxygens (including phenoxy) is 1. The van der Waals surface area contributed by atoms with E-state index in [2.05, 4.69) is 17.2 Å². The number of nitrogens with zero attached hydrogens (tertiary/aromatic N) is 2. The van der Waals surface area contributed by atoms with Crippen molar-refractivity contribution < 1.29 is 9.53 Å². The van der Waals surface area contributed by atoms with Crippen molar-refractivity contribution in [2.45, 2.75) is 46.2 Å². The van der Waals surface area contributed by atoms with Crippen LogP contribution in [0.5, 0.6) is 0 Å². The molecule has 0 saturated carbocycles. The summed E-state index contributed by atoms with van der Waals surface area (Å²) >= 11 is 0. The van der Waals surface area contributed by atoms with Gasteiger partial charge in [-0.2, -0.15) is 0 Å². The van der Waals surface area contributed by atoms with Gasteiger partial charge in [0.1, 0.15) is 11.9 Å². The lowest BCUT2D eigenvalue weighted by molar-refractivity contribution is -0.147. The van der Waals surface area contributed by atoms with Crippen LogP contribution in [-0.4, -0.2) is 28.7 Å². The van der Waals surface area contributed by atoms with E-state index in [1.54, 1.807) is 6.20 Å². The van der Waals surface area contributed by atoms with Gasteiger partial charge < -0.3 is 14.6 Å². The fraction of sp³-hybridized carbons (Fsp3) is 0.692. The largest absolute Gasteiger partial charge is 0.464 e. The molecular weight excluding hydrogens is 230 g/mol. The van der Waals surface area contributed by atoms with Crippen LogP contribution in [0.4, 0.5) is 0 Å². The number of carbonyl (C=O) groups is 1. The van der Waals surface area contributed by atoms with Crippen LogP contribution in [0.3, 0.4) is 0 Å². The van der Waals surface area contributed by atoms with Crippen LogP contribution in [0.2, 0.25) is 0 Å². The van der Waals surface area contributed by atoms with Gasteiger partial charge in [-0.1, -0.05) is 20.3 Å². The molecule has 0 saturated heterocycles. The average molecular weight is 253 g/mol. The van der Waals surface area contributed by atoms with Crippen molar-refractivity contribution in [3.8, 4) is 0 Å². The van der Waals surface area contributed by atoms with Gasteiger partial charge in [0, 0.05) is 12.4 Å². The molecule has 5 nitrogen and oxygen atoms in total. The van der Waals surface area contributed by atoms with Crippen LogP contribution in [0, 0.1) is 0 Å². The molecule has 0 fully saturated rings. The normalized spacial score (nSPS) is 12.4. The molecule has 0 aliphatic heterocycles. The molecule has 0 radical (unpaired) electrons. The summed E-state index contributed by atoms with van der Waals surface area (Å²) in [5, 5.41) is 3.22. The minimum atomic E-state index is -0.258. The van der Waals surface area contributed by atoms with E-state index in [-0.39, 0.29) is 12.0 Å². The van der Waals surface area contributed by atoms with Crippen molar-refractivity contribution >= 4 is 5.97 Å². The highest BCUT2D eigenvalue weighted by Crippen LogP contribution is 2.18. The molecule has 1 heterocycles. The van der Waals surface area contributed by atoms with E-state index >= 15 is 0 Å². The molecule has 0 aliphatic rings. The Morgan fingerprint density at radius 2 is 2.28 bits per heavy atom. The Labute approximate surface area is 109 Å². The minimum absolute atomic E-state index is 0.171. The van der Waals surface area contributed by atoms with Gasteiger partial charge in [-0.05, 0) is 19.9 Å². The number of nitrogens with one attached hydrogen (secondary N) is 1. The first-order valence-corrected chi connectivity index (χ1v) is 6.63. The summed E-state index contributed by atoms with van der Waals surface area (Å²) in [7, 11) is 0. The molecular formula is C13H23N3O2. The zero-order valence-electron chi connectivity index (χ0n) is 11.5. The van der Waals surface area contributed by atoms with E-state index < -0.39 is 0 Å². The third kappa shape index (κ3) is 3.84. The van der Waals surface area contributed by atoms with E-state index in [1.165, 1.54) is 0 Å². The lowest BCUT2D eigenvalue weighted by Gasteiger charge is -2.18. The monoisotopic (exact) mass is 253 g/mol. The molecule has 5 heteroatoms. The summed E-state index contributed by atoms with van der Waals surface area (Å²) < 4.78 is 7.05. The molecule has 0 amide bonds. The third-order valence-corrected chi connectivity index (χ3v) is 2.74. The van der Waals surface area contributed by atoms with Crippen LogP contribution in [-0.2, 0) is 16.1 Å². The van der Waals surface area contributed by atoms with Crippen molar-refractivity contribution in [1.29, 1.82) is 0 Å². The van der Waals surface area contributed by atoms with Gasteiger partial charge in [-0.15, -0.1) is 0 Å². The summed E-state index contributed by atoms with van der Waals surface area (Å²) in [6.45, 7) is 7.90. The quantitative estimate of drug-likeness (QED) is 0.719. The number of carbonyl (C=O) groups excluding carboxylic acids is 1. The Bertz CT molecular complexity index is 363. The zero-order valence-corrected chi connectivity index (χ0v) is 11.5. The van der Waals surface area contributed by atoms with Gasteiger partial charge in [0.15, 0.2) is 0 Å². The summed E-state index contributed by atoms with van der Waals surface area (Å²) in [6.07, 6.45) is 5.29. The predicted molar refractivity (Wildman–Crippen MR) is 70.2 cm³/mol. The lowest BCUT2D eigenvalue weighted by Crippen LogP contribution is -2.25. The molecule has 0 bridgehead atoms. The summed E-state index contributed by atoms with van der Waals surface area (Å²) in [5.74, 6) is 0.707. The van der Waals surface area contributed by atoms with Crippen LogP contribution in [0.15, 0.2) is 12.4 Å². The molecule has 1 atom stereocenters. The highest BCUT2D eigenvalue weighted by atomic mass is 16.5. The number of imidazole rings is 1. The number of hydrogen-bond acceptors (Lipinski definition) is 4. The SMILES string of the molecule is CCCC(C(=O)OCC)n1ccnc1CNCC. The Kier molecular flexibility index (Phi) is 6.43. The van der Waals surface area contributed by atoms with Crippen molar-refractivity contribution in [3.05, 3.63) is 18.2 Å². The van der Waals surface area contributed by atoms with Crippen LogP contribution < -0.4 is 5.32 Å². The van der Waals surface area contributed by atoms with Gasteiger partial charge in [0.25, 0.3) is 0 Å². The maximum atomic E-state index is 12.0. The van der Waals surface area contributed by atoms with E-state index in [0.29, 0.717) is 13.2 Å². The Morgan fingerprint density at radius 3 is 2.89 bits per heavy atom. The maximum absolute atomic E-state index is 12.0. The Hall–Kier alpha value is -1.36. The first-order valence-electron chi connectivity index (χ1n) is 6.63. The topological polar surface area (TPSA) is 56.2 Å². The molecule has 0 aromatic carbocycles. The van der Waals surface area contributed by atoms with Gasteiger partial charge in [-0.25, -0.2) is 9.78 Å². The molecule has 1 rings (SSSR count). The molecule has 1 aromatic heterocycles. The van der Waals surface area contributed by atoms with Crippen molar-refractivity contribution in [2.75, 3.05) is 13.2 Å². The minimum Gasteiger partial charge on any atom is -0.464 e. The predicted octanol–water partition coefficient (Wildman–Crippen LogP) is 1.90. The first-order chi connectivity index (χ1) is 8.74. The van der Waals surface area contributed by atoms with E-state index in [0.717, 1.165) is 25.2 Å². The molecule has 1 N–H and O–H groups in total. The van der Waals surface area contributed by atoms with Crippen molar-refractivity contribution in [2.24, 2.45) is 0 Å². The summed E-state index contributed by atoms with van der Waals surface area (Å²) in [5.41, 5.74) is 0. The summed E-state index contributed by atoms with van der Waals surface area (Å²) in [4.78, 5) is 16.3. The highest BCUT2D eigenvalue weighted by Gasteiger charge is 2.22. The number of aromatic nitrogens is 2. The molecule has 0 aliphatic carbocycles. The standard InChI is InChI=1S/C13H23N3O2/c1-4-7-11(13(17)18-6-3)16-9-8-15-12(16)10-14-5-2/h8-9,11,14H,4-7,10H2,1-3H3.